The minimum atomic E-state index is -1.21. The summed E-state index contributed by atoms with van der Waals surface area (Å²) in [6.07, 6.45) is 10.6. The Bertz CT molecular complexity index is 1080. The highest BCUT2D eigenvalue weighted by molar-refractivity contribution is 6.22. The molecule has 2 aliphatic carbocycles. The number of hydrogen-bond donors (Lipinski definition) is 3. The number of amides is 2. The molecule has 7 heteroatoms. The minimum absolute atomic E-state index is 0.0399. The van der Waals surface area contributed by atoms with E-state index in [0.717, 1.165) is 64.2 Å². The van der Waals surface area contributed by atoms with Crippen molar-refractivity contribution in [3.63, 3.8) is 0 Å². The fourth-order valence-electron chi connectivity index (χ4n) is 5.20. The number of aromatic carboxylic acids is 1. The Hall–Kier alpha value is -3.22. The molecular formula is C26H30N2O5. The molecule has 0 spiro atoms. The highest BCUT2D eigenvalue weighted by Crippen LogP contribution is 2.31. The van der Waals surface area contributed by atoms with E-state index in [2.05, 4.69) is 10.6 Å². The van der Waals surface area contributed by atoms with E-state index in [-0.39, 0.29) is 56.9 Å². The number of carboxylic acids is 1. The van der Waals surface area contributed by atoms with Gasteiger partial charge in [-0.05, 0) is 43.9 Å². The quantitative estimate of drug-likeness (QED) is 0.562. The summed E-state index contributed by atoms with van der Waals surface area (Å²) in [5.41, 5.74) is 0.480. The van der Waals surface area contributed by atoms with Gasteiger partial charge in [0, 0.05) is 39.5 Å². The zero-order valence-corrected chi connectivity index (χ0v) is 18.7. The zero-order valence-electron chi connectivity index (χ0n) is 18.7. The Morgan fingerprint density at radius 2 is 1.15 bits per heavy atom. The fraction of sp³-hybridized carbons (Fsp3) is 0.462. The van der Waals surface area contributed by atoms with Crippen molar-refractivity contribution >= 4 is 34.8 Å². The van der Waals surface area contributed by atoms with Crippen molar-refractivity contribution in [1.29, 1.82) is 0 Å². The second-order valence-electron chi connectivity index (χ2n) is 9.15. The number of carbonyl (C=O) groups is 4. The minimum Gasteiger partial charge on any atom is -0.478 e. The molecule has 0 aromatic heterocycles. The van der Waals surface area contributed by atoms with Crippen LogP contribution in [-0.4, -0.2) is 41.3 Å². The molecular weight excluding hydrogens is 420 g/mol. The lowest BCUT2D eigenvalue weighted by molar-refractivity contribution is 0.0698. The summed E-state index contributed by atoms with van der Waals surface area (Å²) in [5, 5.41) is 16.3. The van der Waals surface area contributed by atoms with E-state index in [1.165, 1.54) is 24.3 Å². The summed E-state index contributed by atoms with van der Waals surface area (Å²) in [7, 11) is 0. The second-order valence-corrected chi connectivity index (χ2v) is 9.15. The van der Waals surface area contributed by atoms with Gasteiger partial charge < -0.3 is 15.7 Å². The Morgan fingerprint density at radius 3 is 1.64 bits per heavy atom. The predicted molar refractivity (Wildman–Crippen MR) is 125 cm³/mol. The highest BCUT2D eigenvalue weighted by Gasteiger charge is 2.26. The molecule has 174 valence electrons. The molecule has 2 amide bonds. The molecule has 4 rings (SSSR count). The summed E-state index contributed by atoms with van der Waals surface area (Å²) in [5.74, 6) is -1.94. The van der Waals surface area contributed by atoms with Crippen LogP contribution in [0.2, 0.25) is 0 Å². The van der Waals surface area contributed by atoms with E-state index in [1.54, 1.807) is 0 Å². The van der Waals surface area contributed by atoms with Crippen molar-refractivity contribution in [3.05, 3.63) is 46.5 Å². The fourth-order valence-corrected chi connectivity index (χ4v) is 5.20. The molecule has 3 N–H and O–H groups in total. The van der Waals surface area contributed by atoms with E-state index in [1.807, 2.05) is 0 Å². The largest absolute Gasteiger partial charge is 0.478 e. The van der Waals surface area contributed by atoms with Gasteiger partial charge in [0.05, 0.1) is 5.56 Å². The summed E-state index contributed by atoms with van der Waals surface area (Å²) in [6.45, 7) is 0. The third kappa shape index (κ3) is 4.92. The van der Waals surface area contributed by atoms with Crippen molar-refractivity contribution in [2.45, 2.75) is 76.3 Å². The van der Waals surface area contributed by atoms with Crippen LogP contribution in [0.25, 0.3) is 10.8 Å². The van der Waals surface area contributed by atoms with Crippen LogP contribution in [-0.2, 0) is 0 Å². The maximum atomic E-state index is 13.2. The Morgan fingerprint density at radius 1 is 0.697 bits per heavy atom. The Kier molecular flexibility index (Phi) is 7.06. The van der Waals surface area contributed by atoms with Crippen molar-refractivity contribution in [2.24, 2.45) is 0 Å². The first-order chi connectivity index (χ1) is 16.0. The van der Waals surface area contributed by atoms with Gasteiger partial charge in [0.15, 0.2) is 6.29 Å². The van der Waals surface area contributed by atoms with Gasteiger partial charge in [-0.2, -0.15) is 0 Å². The van der Waals surface area contributed by atoms with Crippen molar-refractivity contribution in [1.82, 2.24) is 10.6 Å². The number of rotatable bonds is 6. The monoisotopic (exact) mass is 450 g/mol. The van der Waals surface area contributed by atoms with E-state index in [0.29, 0.717) is 6.29 Å². The van der Waals surface area contributed by atoms with Crippen molar-refractivity contribution in [3.8, 4) is 0 Å². The number of fused-ring (bicyclic) bond motifs is 1. The van der Waals surface area contributed by atoms with Gasteiger partial charge in [0.25, 0.3) is 11.8 Å². The van der Waals surface area contributed by atoms with E-state index >= 15 is 0 Å². The number of benzene rings is 2. The lowest BCUT2D eigenvalue weighted by Crippen LogP contribution is -2.37. The van der Waals surface area contributed by atoms with Gasteiger partial charge in [0.1, 0.15) is 0 Å². The summed E-state index contributed by atoms with van der Waals surface area (Å²) < 4.78 is 0. The maximum absolute atomic E-state index is 13.2. The molecule has 2 fully saturated rings. The summed E-state index contributed by atoms with van der Waals surface area (Å²) >= 11 is 0. The predicted octanol–water partition coefficient (Wildman–Crippen LogP) is 4.48. The highest BCUT2D eigenvalue weighted by atomic mass is 16.4. The van der Waals surface area contributed by atoms with Crippen LogP contribution in [0.1, 0.15) is 106 Å². The average molecular weight is 451 g/mol. The number of nitrogens with one attached hydrogen (secondary N) is 2. The van der Waals surface area contributed by atoms with Gasteiger partial charge in [0.2, 0.25) is 0 Å². The first kappa shape index (κ1) is 23.0. The Balaban J connectivity index is 1.79. The van der Waals surface area contributed by atoms with Crippen LogP contribution < -0.4 is 10.6 Å². The normalized spacial score (nSPS) is 17.5. The zero-order chi connectivity index (χ0) is 23.4. The molecule has 0 unspecified atom stereocenters. The van der Waals surface area contributed by atoms with Crippen molar-refractivity contribution < 1.29 is 24.3 Å². The van der Waals surface area contributed by atoms with E-state index in [9.17, 15) is 24.3 Å². The summed E-state index contributed by atoms with van der Waals surface area (Å²) in [4.78, 5) is 50.3. The molecule has 7 nitrogen and oxygen atoms in total. The lowest BCUT2D eigenvalue weighted by Gasteiger charge is -2.24. The molecule has 2 aromatic rings. The average Bonchev–Trinajstić information content (AvgIpc) is 2.83. The topological polar surface area (TPSA) is 113 Å². The van der Waals surface area contributed by atoms with Crippen LogP contribution in [0.3, 0.4) is 0 Å². The van der Waals surface area contributed by atoms with Gasteiger partial charge in [-0.25, -0.2) is 4.79 Å². The molecule has 0 heterocycles. The van der Waals surface area contributed by atoms with Crippen LogP contribution in [0, 0.1) is 0 Å². The molecule has 0 aliphatic heterocycles. The third-order valence-electron chi connectivity index (χ3n) is 6.92. The van der Waals surface area contributed by atoms with Gasteiger partial charge in [-0.3, -0.25) is 14.4 Å². The van der Waals surface area contributed by atoms with E-state index < -0.39 is 5.97 Å². The number of carboxylic acid groups (broad SMARTS) is 1. The van der Waals surface area contributed by atoms with Crippen LogP contribution in [0.15, 0.2) is 24.3 Å². The third-order valence-corrected chi connectivity index (χ3v) is 6.92. The summed E-state index contributed by atoms with van der Waals surface area (Å²) in [6, 6.07) is 5.87. The SMILES string of the molecule is O=Cc1ccc(C(=O)NC2CCCCC2)c2c(C(=O)O)ccc(C(=O)NC3CCCCC3)c12. The standard InChI is InChI=1S/C26H30N2O5/c29-15-16-11-12-20(25(31)28-18-9-5-2-6-10-18)23-21(26(32)33)14-13-19(22(16)23)24(30)27-17-7-3-1-4-8-17/h11-15,17-18H,1-10H2,(H,27,30)(H,28,31)(H,32,33). The molecule has 0 atom stereocenters. The van der Waals surface area contributed by atoms with Crippen molar-refractivity contribution in [2.75, 3.05) is 0 Å². The Labute approximate surface area is 192 Å². The van der Waals surface area contributed by atoms with Gasteiger partial charge in [-0.1, -0.05) is 44.6 Å². The molecule has 2 saturated carbocycles. The number of aldehydes is 1. The van der Waals surface area contributed by atoms with Gasteiger partial charge >= 0.3 is 5.97 Å². The second kappa shape index (κ2) is 10.1. The molecule has 33 heavy (non-hydrogen) atoms. The number of hydrogen-bond acceptors (Lipinski definition) is 4. The maximum Gasteiger partial charge on any atom is 0.336 e. The van der Waals surface area contributed by atoms with Crippen LogP contribution in [0.4, 0.5) is 0 Å². The lowest BCUT2D eigenvalue weighted by atomic mass is 9.90. The van der Waals surface area contributed by atoms with Gasteiger partial charge in [-0.15, -0.1) is 0 Å². The first-order valence-corrected chi connectivity index (χ1v) is 11.9. The smallest absolute Gasteiger partial charge is 0.336 e. The number of carbonyl (C=O) groups excluding carboxylic acids is 3. The van der Waals surface area contributed by atoms with Crippen LogP contribution >= 0.6 is 0 Å². The molecule has 0 bridgehead atoms. The molecule has 0 saturated heterocycles. The molecule has 0 radical (unpaired) electrons. The molecule has 2 aliphatic rings. The van der Waals surface area contributed by atoms with Crippen LogP contribution in [0.5, 0.6) is 0 Å². The first-order valence-electron chi connectivity index (χ1n) is 11.9. The van der Waals surface area contributed by atoms with E-state index in [4.69, 9.17) is 0 Å². The molecule has 2 aromatic carbocycles.